The fraction of sp³-hybridized carbons (Fsp3) is 0.167. The Hall–Kier alpha value is -4.01. The summed E-state index contributed by atoms with van der Waals surface area (Å²) in [5.74, 6) is 0.535. The fourth-order valence-electron chi connectivity index (χ4n) is 2.81. The van der Waals surface area contributed by atoms with Crippen LogP contribution >= 0.6 is 35.1 Å². The SMILES string of the molecule is CSc1nccc(Cl)n1.CSc1nccc(Nc2cc(C)ccc2[N+](=O)[O-])n1.Cc1ccc([N+](=O)[O-])c(N)c1. The van der Waals surface area contributed by atoms with Crippen molar-refractivity contribution in [1.82, 2.24) is 19.9 Å². The first-order chi connectivity index (χ1) is 18.5. The number of thioether (sulfide) groups is 2. The standard InChI is InChI=1S/C12H12N4O2S.C7H8N2O2.C5H5ClN2S/c1-8-3-4-10(16(17)18)9(7-8)14-11-5-6-13-12(15-11)19-2;1-5-2-3-7(9(10)11)6(8)4-5;1-9-5-7-3-2-4(6)8-5/h3-7H,1-2H3,(H,13,14,15);2-4H,8H2,1H3;2-3H,1H3. The molecule has 15 heteroatoms. The lowest BCUT2D eigenvalue weighted by atomic mass is 10.2. The van der Waals surface area contributed by atoms with Crippen LogP contribution in [0, 0.1) is 34.1 Å². The topological polar surface area (TPSA) is 176 Å². The molecule has 0 aliphatic rings. The average molecular weight is 589 g/mol. The third-order valence-corrected chi connectivity index (χ3v) is 5.92. The molecule has 0 aliphatic carbocycles. The van der Waals surface area contributed by atoms with Gasteiger partial charge in [0.2, 0.25) is 0 Å². The van der Waals surface area contributed by atoms with Gasteiger partial charge < -0.3 is 11.1 Å². The average Bonchev–Trinajstić information content (AvgIpc) is 2.89. The van der Waals surface area contributed by atoms with Crippen LogP contribution in [0.15, 0.2) is 71.2 Å². The van der Waals surface area contributed by atoms with Crippen molar-refractivity contribution in [2.75, 3.05) is 23.6 Å². The molecule has 0 saturated carbocycles. The summed E-state index contributed by atoms with van der Waals surface area (Å²) in [6, 6.07) is 12.9. The molecule has 2 aromatic carbocycles. The highest BCUT2D eigenvalue weighted by Crippen LogP contribution is 2.28. The summed E-state index contributed by atoms with van der Waals surface area (Å²) in [4.78, 5) is 36.4. The number of halogens is 1. The van der Waals surface area contributed by atoms with Crippen molar-refractivity contribution in [2.45, 2.75) is 24.2 Å². The zero-order chi connectivity index (χ0) is 28.9. The molecular weight excluding hydrogens is 564 g/mol. The molecular formula is C24H25ClN8O4S2. The predicted octanol–water partition coefficient (Wildman–Crippen LogP) is 6.50. The van der Waals surface area contributed by atoms with E-state index in [-0.39, 0.29) is 17.1 Å². The summed E-state index contributed by atoms with van der Waals surface area (Å²) in [7, 11) is 0. The van der Waals surface area contributed by atoms with Crippen molar-refractivity contribution in [3.63, 3.8) is 0 Å². The van der Waals surface area contributed by atoms with Crippen molar-refractivity contribution in [1.29, 1.82) is 0 Å². The molecule has 0 bridgehead atoms. The first-order valence-electron chi connectivity index (χ1n) is 11.0. The Bertz CT molecular complexity index is 1450. The number of benzene rings is 2. The number of nitro benzene ring substituents is 2. The van der Waals surface area contributed by atoms with Crippen LogP contribution in [-0.4, -0.2) is 42.3 Å². The minimum atomic E-state index is -0.491. The van der Waals surface area contributed by atoms with Crippen molar-refractivity contribution in [3.05, 3.63) is 97.4 Å². The molecule has 0 saturated heterocycles. The van der Waals surface area contributed by atoms with Crippen LogP contribution in [0.25, 0.3) is 0 Å². The minimum Gasteiger partial charge on any atom is -0.393 e. The van der Waals surface area contributed by atoms with Crippen molar-refractivity contribution < 1.29 is 9.85 Å². The summed E-state index contributed by atoms with van der Waals surface area (Å²) in [5.41, 5.74) is 7.88. The molecule has 12 nitrogen and oxygen atoms in total. The van der Waals surface area contributed by atoms with E-state index in [4.69, 9.17) is 17.3 Å². The number of hydrogen-bond donors (Lipinski definition) is 2. The summed E-state index contributed by atoms with van der Waals surface area (Å²) >= 11 is 8.45. The van der Waals surface area contributed by atoms with E-state index in [0.29, 0.717) is 27.0 Å². The van der Waals surface area contributed by atoms with Gasteiger partial charge in [-0.25, -0.2) is 19.9 Å². The minimum absolute atomic E-state index is 0.0231. The number of nitrogens with zero attached hydrogens (tertiary/aromatic N) is 6. The van der Waals surface area contributed by atoms with Crippen LogP contribution in [-0.2, 0) is 0 Å². The molecule has 0 radical (unpaired) electrons. The summed E-state index contributed by atoms with van der Waals surface area (Å²) < 4.78 is 0. The van der Waals surface area contributed by atoms with Crippen LogP contribution in [0.3, 0.4) is 0 Å². The monoisotopic (exact) mass is 588 g/mol. The second-order valence-corrected chi connectivity index (χ2v) is 9.45. The number of nitro groups is 2. The second kappa shape index (κ2) is 15.4. The summed E-state index contributed by atoms with van der Waals surface area (Å²) in [6.45, 7) is 3.71. The molecule has 2 aromatic heterocycles. The molecule has 0 unspecified atom stereocenters. The predicted molar refractivity (Wildman–Crippen MR) is 156 cm³/mol. The lowest BCUT2D eigenvalue weighted by Gasteiger charge is -2.07. The number of aromatic nitrogens is 4. The highest BCUT2D eigenvalue weighted by molar-refractivity contribution is 7.98. The lowest BCUT2D eigenvalue weighted by Crippen LogP contribution is -2.00. The Morgan fingerprint density at radius 3 is 1.87 bits per heavy atom. The summed E-state index contributed by atoms with van der Waals surface area (Å²) in [6.07, 6.45) is 7.03. The van der Waals surface area contributed by atoms with Crippen LogP contribution in [0.2, 0.25) is 5.15 Å². The van der Waals surface area contributed by atoms with E-state index in [0.717, 1.165) is 11.1 Å². The van der Waals surface area contributed by atoms with E-state index in [1.54, 1.807) is 48.8 Å². The first-order valence-corrected chi connectivity index (χ1v) is 13.8. The molecule has 0 atom stereocenters. The van der Waals surface area contributed by atoms with Gasteiger partial charge in [-0.15, -0.1) is 0 Å². The maximum Gasteiger partial charge on any atom is 0.292 e. The molecule has 204 valence electrons. The van der Waals surface area contributed by atoms with E-state index in [9.17, 15) is 20.2 Å². The van der Waals surface area contributed by atoms with Gasteiger partial charge in [-0.2, -0.15) is 0 Å². The second-order valence-electron chi connectivity index (χ2n) is 7.52. The van der Waals surface area contributed by atoms with Crippen molar-refractivity contribution in [3.8, 4) is 0 Å². The number of anilines is 3. The number of nitrogen functional groups attached to an aromatic ring is 1. The number of nitrogens with two attached hydrogens (primary N) is 1. The van der Waals surface area contributed by atoms with Crippen LogP contribution in [0.4, 0.5) is 28.6 Å². The molecule has 0 spiro atoms. The molecule has 0 amide bonds. The fourth-order valence-corrected chi connectivity index (χ4v) is 3.71. The van der Waals surface area contributed by atoms with Crippen LogP contribution in [0.5, 0.6) is 0 Å². The van der Waals surface area contributed by atoms with E-state index >= 15 is 0 Å². The smallest absolute Gasteiger partial charge is 0.292 e. The Kier molecular flexibility index (Phi) is 12.3. The lowest BCUT2D eigenvalue weighted by molar-refractivity contribution is -0.384. The van der Waals surface area contributed by atoms with Gasteiger partial charge in [0.25, 0.3) is 11.4 Å². The van der Waals surface area contributed by atoms with Gasteiger partial charge in [-0.1, -0.05) is 47.3 Å². The number of aryl methyl sites for hydroxylation is 2. The Morgan fingerprint density at radius 1 is 0.821 bits per heavy atom. The zero-order valence-electron chi connectivity index (χ0n) is 21.4. The molecule has 2 heterocycles. The van der Waals surface area contributed by atoms with Gasteiger partial charge in [0.1, 0.15) is 22.3 Å². The van der Waals surface area contributed by atoms with E-state index in [1.807, 2.05) is 26.4 Å². The largest absolute Gasteiger partial charge is 0.393 e. The molecule has 0 aliphatic heterocycles. The highest BCUT2D eigenvalue weighted by Gasteiger charge is 2.14. The van der Waals surface area contributed by atoms with E-state index in [2.05, 4.69) is 25.3 Å². The van der Waals surface area contributed by atoms with E-state index in [1.165, 1.54) is 35.7 Å². The molecule has 39 heavy (non-hydrogen) atoms. The van der Waals surface area contributed by atoms with Gasteiger partial charge in [0, 0.05) is 24.5 Å². The quantitative estimate of drug-likeness (QED) is 0.0625. The maximum absolute atomic E-state index is 11.0. The van der Waals surface area contributed by atoms with Crippen molar-refractivity contribution in [2.24, 2.45) is 0 Å². The number of rotatable bonds is 6. The Balaban J connectivity index is 0.000000226. The first kappa shape index (κ1) is 31.2. The van der Waals surface area contributed by atoms with Gasteiger partial charge in [-0.3, -0.25) is 20.2 Å². The molecule has 3 N–H and O–H groups in total. The van der Waals surface area contributed by atoms with Crippen LogP contribution < -0.4 is 11.1 Å². The third-order valence-electron chi connectivity index (χ3n) is 4.59. The number of hydrogen-bond acceptors (Lipinski definition) is 12. The zero-order valence-corrected chi connectivity index (χ0v) is 23.8. The normalized spacial score (nSPS) is 9.87. The van der Waals surface area contributed by atoms with Crippen LogP contribution in [0.1, 0.15) is 11.1 Å². The van der Waals surface area contributed by atoms with Gasteiger partial charge in [0.05, 0.1) is 9.85 Å². The molecule has 4 rings (SSSR count). The highest BCUT2D eigenvalue weighted by atomic mass is 35.5. The Morgan fingerprint density at radius 2 is 1.36 bits per heavy atom. The number of nitrogens with one attached hydrogen (secondary N) is 1. The Labute approximate surface area is 238 Å². The van der Waals surface area contributed by atoms with Gasteiger partial charge in [0.15, 0.2) is 10.3 Å². The van der Waals surface area contributed by atoms with Crippen molar-refractivity contribution >= 4 is 63.7 Å². The van der Waals surface area contributed by atoms with Gasteiger partial charge in [-0.05, 0) is 61.8 Å². The van der Waals surface area contributed by atoms with Gasteiger partial charge >= 0.3 is 0 Å². The maximum atomic E-state index is 11.0. The third kappa shape index (κ3) is 10.3. The van der Waals surface area contributed by atoms with E-state index < -0.39 is 9.85 Å². The molecule has 0 fully saturated rings. The summed E-state index contributed by atoms with van der Waals surface area (Å²) in [5, 5.41) is 26.0. The molecule has 4 aromatic rings.